The molecule has 0 bridgehead atoms. The zero-order valence-electron chi connectivity index (χ0n) is 18.0. The van der Waals surface area contributed by atoms with Crippen LogP contribution in [0.3, 0.4) is 0 Å². The number of para-hydroxylation sites is 2. The first-order valence-electron chi connectivity index (χ1n) is 10.3. The second kappa shape index (κ2) is 16.9. The Balaban J connectivity index is 0.000000520. The molecule has 0 saturated carbocycles. The van der Waals surface area contributed by atoms with E-state index in [0.717, 1.165) is 47.2 Å². The van der Waals surface area contributed by atoms with Crippen molar-refractivity contribution >= 4 is 36.0 Å². The van der Waals surface area contributed by atoms with Crippen molar-refractivity contribution in [1.82, 2.24) is 4.98 Å². The van der Waals surface area contributed by atoms with Crippen LogP contribution in [0.1, 0.15) is 11.1 Å². The summed E-state index contributed by atoms with van der Waals surface area (Å²) >= 11 is 3.77. The number of hydrogen-bond donors (Lipinski definition) is 2. The number of hydrogen-bond acceptors (Lipinski definition) is 7. The molecule has 2 N–H and O–H groups in total. The van der Waals surface area contributed by atoms with Gasteiger partial charge in [-0.3, -0.25) is 15.0 Å². The minimum atomic E-state index is 0.269. The van der Waals surface area contributed by atoms with Crippen LogP contribution in [0.25, 0.3) is 0 Å². The highest BCUT2D eigenvalue weighted by molar-refractivity contribution is 8.02. The Morgan fingerprint density at radius 2 is 1.09 bits per heavy atom. The van der Waals surface area contributed by atoms with Gasteiger partial charge in [0.1, 0.15) is 11.5 Å². The number of aromatic nitrogens is 1. The summed E-state index contributed by atoms with van der Waals surface area (Å²) in [7, 11) is 0. The lowest BCUT2D eigenvalue weighted by Crippen LogP contribution is -1.94. The van der Waals surface area contributed by atoms with E-state index in [1.807, 2.05) is 66.0 Å². The van der Waals surface area contributed by atoms with E-state index in [1.54, 1.807) is 49.1 Å². The molecule has 0 atom stereocenters. The smallest absolute Gasteiger partial charge is 0.124 e. The molecule has 0 radical (unpaired) electrons. The van der Waals surface area contributed by atoms with Crippen LogP contribution in [-0.4, -0.2) is 63.7 Å². The largest absolute Gasteiger partial charge is 0.507 e. The monoisotopic (exact) mass is 467 g/mol. The van der Waals surface area contributed by atoms with Gasteiger partial charge >= 0.3 is 0 Å². The van der Waals surface area contributed by atoms with Crippen LogP contribution in [0.5, 0.6) is 11.5 Å². The van der Waals surface area contributed by atoms with E-state index in [1.165, 1.54) is 0 Å². The van der Waals surface area contributed by atoms with Gasteiger partial charge in [0.05, 0.1) is 0 Å². The van der Waals surface area contributed by atoms with Gasteiger partial charge in [0.2, 0.25) is 0 Å². The molecule has 0 amide bonds. The van der Waals surface area contributed by atoms with Crippen LogP contribution in [0.4, 0.5) is 0 Å². The van der Waals surface area contributed by atoms with E-state index < -0.39 is 0 Å². The third-order valence-electron chi connectivity index (χ3n) is 4.00. The Morgan fingerprint density at radius 3 is 1.47 bits per heavy atom. The quantitative estimate of drug-likeness (QED) is 0.300. The average molecular weight is 468 g/mol. The minimum absolute atomic E-state index is 0.269. The van der Waals surface area contributed by atoms with E-state index in [2.05, 4.69) is 15.0 Å². The summed E-state index contributed by atoms with van der Waals surface area (Å²) in [5.74, 6) is 4.70. The van der Waals surface area contributed by atoms with Crippen LogP contribution in [0.2, 0.25) is 0 Å². The predicted octanol–water partition coefficient (Wildman–Crippen LogP) is 5.18. The first kappa shape index (κ1) is 25.5. The van der Waals surface area contributed by atoms with Gasteiger partial charge in [0.25, 0.3) is 0 Å². The van der Waals surface area contributed by atoms with Crippen molar-refractivity contribution in [3.05, 3.63) is 90.3 Å². The summed E-state index contributed by atoms with van der Waals surface area (Å²) < 4.78 is 0. The van der Waals surface area contributed by atoms with E-state index >= 15 is 0 Å². The molecule has 0 spiro atoms. The molecule has 0 fully saturated rings. The number of rotatable bonds is 11. The van der Waals surface area contributed by atoms with Crippen molar-refractivity contribution in [3.8, 4) is 11.5 Å². The van der Waals surface area contributed by atoms with Crippen LogP contribution < -0.4 is 0 Å². The maximum atomic E-state index is 9.63. The summed E-state index contributed by atoms with van der Waals surface area (Å²) in [5, 5.41) is 19.3. The molecule has 1 aromatic heterocycles. The first-order valence-corrected chi connectivity index (χ1v) is 12.6. The number of benzene rings is 2. The molecule has 0 aliphatic rings. The molecule has 0 aliphatic heterocycles. The van der Waals surface area contributed by atoms with Gasteiger partial charge in [-0.15, -0.1) is 0 Å². The number of nitrogens with zero attached hydrogens (tertiary/aromatic N) is 3. The van der Waals surface area contributed by atoms with Gasteiger partial charge in [0, 0.05) is 72.1 Å². The molecule has 0 unspecified atom stereocenters. The van der Waals surface area contributed by atoms with Gasteiger partial charge in [0.15, 0.2) is 0 Å². The topological polar surface area (TPSA) is 78.1 Å². The SMILES string of the molecule is Oc1ccccc1C=NCCSCCSCCN=Cc1ccccc1O.c1ccncc1. The molecule has 3 aromatic rings. The first-order chi connectivity index (χ1) is 15.8. The normalized spacial score (nSPS) is 10.9. The van der Waals surface area contributed by atoms with Gasteiger partial charge in [-0.2, -0.15) is 23.5 Å². The van der Waals surface area contributed by atoms with Crippen LogP contribution in [0, 0.1) is 0 Å². The molecule has 3 rings (SSSR count). The van der Waals surface area contributed by atoms with Crippen molar-refractivity contribution < 1.29 is 10.2 Å². The van der Waals surface area contributed by atoms with E-state index in [-0.39, 0.29) is 11.5 Å². The van der Waals surface area contributed by atoms with Crippen molar-refractivity contribution in [1.29, 1.82) is 0 Å². The molecule has 168 valence electrons. The highest BCUT2D eigenvalue weighted by Crippen LogP contribution is 2.14. The van der Waals surface area contributed by atoms with Gasteiger partial charge in [-0.05, 0) is 36.4 Å². The molecule has 0 saturated heterocycles. The minimum Gasteiger partial charge on any atom is -0.507 e. The summed E-state index contributed by atoms with van der Waals surface area (Å²) in [6.07, 6.45) is 6.96. The summed E-state index contributed by atoms with van der Waals surface area (Å²) in [6, 6.07) is 20.1. The molecular weight excluding hydrogens is 438 g/mol. The van der Waals surface area contributed by atoms with Crippen molar-refractivity contribution in [2.24, 2.45) is 9.98 Å². The number of aromatic hydroxyl groups is 2. The standard InChI is InChI=1S/C20H24N2O2S2.C5H5N/c23-19-7-3-1-5-17(19)15-21-9-11-25-13-14-26-12-10-22-16-18-6-2-4-8-20(18)24;1-2-4-6-5-3-1/h1-8,15-16,23-24H,9-14H2;1-5H. The second-order valence-corrected chi connectivity index (χ2v) is 8.89. The fourth-order valence-electron chi connectivity index (χ4n) is 2.39. The van der Waals surface area contributed by atoms with Crippen molar-refractivity contribution in [2.45, 2.75) is 0 Å². The third kappa shape index (κ3) is 11.6. The average Bonchev–Trinajstić information content (AvgIpc) is 2.83. The molecule has 0 aliphatic carbocycles. The highest BCUT2D eigenvalue weighted by Gasteiger charge is 1.96. The zero-order valence-corrected chi connectivity index (χ0v) is 19.6. The Hall–Kier alpha value is -2.77. The maximum Gasteiger partial charge on any atom is 0.124 e. The van der Waals surface area contributed by atoms with Gasteiger partial charge in [-0.25, -0.2) is 0 Å². The molecule has 1 heterocycles. The number of aliphatic imine (C=N–C) groups is 2. The molecule has 5 nitrogen and oxygen atoms in total. The Kier molecular flexibility index (Phi) is 13.4. The number of phenolic OH excluding ortho intramolecular Hbond substituents is 2. The summed E-state index contributed by atoms with van der Waals surface area (Å²) in [4.78, 5) is 12.5. The van der Waals surface area contributed by atoms with E-state index in [9.17, 15) is 10.2 Å². The Bertz CT molecular complexity index is 849. The van der Waals surface area contributed by atoms with Crippen LogP contribution >= 0.6 is 23.5 Å². The Labute approximate surface area is 198 Å². The van der Waals surface area contributed by atoms with Gasteiger partial charge in [-0.1, -0.05) is 30.3 Å². The van der Waals surface area contributed by atoms with Gasteiger partial charge < -0.3 is 10.2 Å². The van der Waals surface area contributed by atoms with E-state index in [4.69, 9.17) is 0 Å². The lowest BCUT2D eigenvalue weighted by molar-refractivity contribution is 0.474. The lowest BCUT2D eigenvalue weighted by Gasteiger charge is -2.00. The third-order valence-corrected chi connectivity index (χ3v) is 6.19. The fraction of sp³-hybridized carbons (Fsp3) is 0.240. The number of thioether (sulfide) groups is 2. The highest BCUT2D eigenvalue weighted by atomic mass is 32.2. The van der Waals surface area contributed by atoms with Crippen LogP contribution in [0.15, 0.2) is 89.1 Å². The van der Waals surface area contributed by atoms with E-state index in [0.29, 0.717) is 0 Å². The maximum absolute atomic E-state index is 9.63. The number of phenols is 2. The van der Waals surface area contributed by atoms with Crippen molar-refractivity contribution in [3.63, 3.8) is 0 Å². The second-order valence-electron chi connectivity index (χ2n) is 6.44. The summed E-state index contributed by atoms with van der Waals surface area (Å²) in [5.41, 5.74) is 1.52. The lowest BCUT2D eigenvalue weighted by atomic mass is 10.2. The zero-order chi connectivity index (χ0) is 22.7. The van der Waals surface area contributed by atoms with Crippen molar-refractivity contribution in [2.75, 3.05) is 36.1 Å². The molecule has 7 heteroatoms. The fourth-order valence-corrected chi connectivity index (χ4v) is 4.21. The molecule has 2 aromatic carbocycles. The Morgan fingerprint density at radius 1 is 0.625 bits per heavy atom. The molecular formula is C25H29N3O2S2. The predicted molar refractivity (Wildman–Crippen MR) is 140 cm³/mol. The van der Waals surface area contributed by atoms with Crippen LogP contribution in [-0.2, 0) is 0 Å². The number of pyridine rings is 1. The summed E-state index contributed by atoms with van der Waals surface area (Å²) in [6.45, 7) is 1.52. The molecule has 32 heavy (non-hydrogen) atoms.